The molecule has 4 heterocycles. The number of unbranched alkanes of at least 4 members (excludes halogenated alkanes) is 1. The van der Waals surface area contributed by atoms with Crippen LogP contribution < -0.4 is 4.90 Å². The number of rotatable bonds is 5. The average Bonchev–Trinajstić information content (AvgIpc) is 3.29. The number of piperazine rings is 1. The Balaban J connectivity index is -0.000000973. The van der Waals surface area contributed by atoms with E-state index < -0.39 is 0 Å². The van der Waals surface area contributed by atoms with Gasteiger partial charge < -0.3 is 9.80 Å². The lowest BCUT2D eigenvalue weighted by Gasteiger charge is -2.46. The second kappa shape index (κ2) is 37.8. The molecule has 3 saturated heterocycles. The van der Waals surface area contributed by atoms with E-state index in [1.807, 2.05) is 69.2 Å². The maximum absolute atomic E-state index is 4.68. The first kappa shape index (κ1) is 57.6. The Morgan fingerprint density at radius 3 is 1.29 bits per heavy atom. The van der Waals surface area contributed by atoms with Crippen molar-refractivity contribution in [2.75, 3.05) is 63.8 Å². The number of aryl methyl sites for hydroxylation is 4. The SMILES string of the molecule is C=C.CC.CC.CC.CC.CC.CCCC.CCN1CCC(N2CCN(C3CCN(c4c(C)cnc5ccc(C)cc45)CC3)CC2)CC1.Cc1ccc(C)cc1. The van der Waals surface area contributed by atoms with Gasteiger partial charge in [-0.25, -0.2) is 0 Å². The zero-order valence-corrected chi connectivity index (χ0v) is 40.5. The molecule has 5 heteroatoms. The Bertz CT molecular complexity index is 1240. The van der Waals surface area contributed by atoms with Gasteiger partial charge in [-0.1, -0.05) is 150 Å². The molecule has 6 rings (SSSR count). The molecule has 0 N–H and O–H groups in total. The summed E-state index contributed by atoms with van der Waals surface area (Å²) >= 11 is 0. The molecule has 5 nitrogen and oxygen atoms in total. The Kier molecular flexibility index (Phi) is 38.9. The number of hydrogen-bond donors (Lipinski definition) is 0. The smallest absolute Gasteiger partial charge is 0.0723 e. The fourth-order valence-corrected chi connectivity index (χ4v) is 6.97. The lowest BCUT2D eigenvalue weighted by molar-refractivity contribution is 0.0384. The van der Waals surface area contributed by atoms with Gasteiger partial charge in [-0.2, -0.15) is 0 Å². The van der Waals surface area contributed by atoms with Gasteiger partial charge in [-0.05, 0) is 90.7 Å². The van der Waals surface area contributed by atoms with E-state index in [2.05, 4.69) is 135 Å². The molecule has 0 unspecified atom stereocenters. The number of likely N-dealkylation sites (tertiary alicyclic amines) is 1. The summed E-state index contributed by atoms with van der Waals surface area (Å²) in [5.74, 6) is 0. The molecule has 0 amide bonds. The van der Waals surface area contributed by atoms with Crippen LogP contribution in [0.15, 0.2) is 61.8 Å². The predicted octanol–water partition coefficient (Wildman–Crippen LogP) is 14.0. The van der Waals surface area contributed by atoms with Crippen molar-refractivity contribution in [3.05, 3.63) is 84.1 Å². The topological polar surface area (TPSA) is 25.9 Å². The lowest BCUT2D eigenvalue weighted by Crippen LogP contribution is -2.56. The van der Waals surface area contributed by atoms with Gasteiger partial charge in [0.25, 0.3) is 0 Å². The van der Waals surface area contributed by atoms with E-state index in [1.54, 1.807) is 0 Å². The summed E-state index contributed by atoms with van der Waals surface area (Å²) in [6.07, 6.45) is 9.99. The first-order chi connectivity index (χ1) is 27.3. The third-order valence-electron chi connectivity index (χ3n) is 10.1. The van der Waals surface area contributed by atoms with E-state index in [9.17, 15) is 0 Å². The minimum Gasteiger partial charge on any atom is -0.371 e. The molecule has 3 aromatic rings. The van der Waals surface area contributed by atoms with Crippen LogP contribution in [0.4, 0.5) is 5.69 Å². The summed E-state index contributed by atoms with van der Waals surface area (Å²) in [6.45, 7) is 52.4. The van der Waals surface area contributed by atoms with Crippen molar-refractivity contribution in [1.82, 2.24) is 19.7 Å². The van der Waals surface area contributed by atoms with Crippen LogP contribution in [0, 0.1) is 27.7 Å². The van der Waals surface area contributed by atoms with Crippen LogP contribution in [0.2, 0.25) is 0 Å². The van der Waals surface area contributed by atoms with Crippen LogP contribution in [0.25, 0.3) is 10.9 Å². The first-order valence-corrected chi connectivity index (χ1v) is 23.2. The third-order valence-corrected chi connectivity index (χ3v) is 10.1. The van der Waals surface area contributed by atoms with Crippen molar-refractivity contribution in [1.29, 1.82) is 0 Å². The standard InChI is InChI=1S/C27H41N5.C8H10.C4H10.5C2H6.C2H4/c1-4-29-11-7-23(8-12-29)30-15-17-31(18-16-30)24-9-13-32(14-10-24)27-22(3)20-28-26-6-5-21(2)19-25(26)27;1-7-3-5-8(2)6-4-7;1-3-4-2;6*1-2/h5-6,19-20,23-24H,4,7-18H2,1-3H3;3-6H,1-2H3;3-4H2,1-2H3;5*1-2H3;1-2H2. The molecule has 3 aliphatic rings. The van der Waals surface area contributed by atoms with Gasteiger partial charge in [0.2, 0.25) is 0 Å². The number of nitrogens with zero attached hydrogens (tertiary/aromatic N) is 5. The average molecular weight is 778 g/mol. The van der Waals surface area contributed by atoms with Crippen molar-refractivity contribution in [2.45, 2.75) is 168 Å². The van der Waals surface area contributed by atoms with Crippen LogP contribution in [0.3, 0.4) is 0 Å². The Morgan fingerprint density at radius 1 is 0.536 bits per heavy atom. The fraction of sp³-hybridized carbons (Fsp3) is 0.667. The van der Waals surface area contributed by atoms with Gasteiger partial charge in [-0.15, -0.1) is 13.2 Å². The second-order valence-corrected chi connectivity index (χ2v) is 13.4. The monoisotopic (exact) mass is 778 g/mol. The number of aromatic nitrogens is 1. The molecule has 0 aliphatic carbocycles. The summed E-state index contributed by atoms with van der Waals surface area (Å²) in [5, 5.41) is 1.33. The number of fused-ring (bicyclic) bond motifs is 1. The molecule has 324 valence electrons. The van der Waals surface area contributed by atoms with E-state index in [0.717, 1.165) is 30.7 Å². The molecule has 3 aliphatic heterocycles. The molecular weight excluding hydrogens is 683 g/mol. The van der Waals surface area contributed by atoms with Gasteiger partial charge in [0.05, 0.1) is 11.2 Å². The van der Waals surface area contributed by atoms with E-state index >= 15 is 0 Å². The van der Waals surface area contributed by atoms with Gasteiger partial charge in [0, 0.05) is 62.9 Å². The number of anilines is 1. The van der Waals surface area contributed by atoms with Crippen LogP contribution in [-0.2, 0) is 0 Å². The van der Waals surface area contributed by atoms with E-state index in [0.29, 0.717) is 0 Å². The maximum Gasteiger partial charge on any atom is 0.0723 e. The molecule has 0 bridgehead atoms. The lowest BCUT2D eigenvalue weighted by atomic mass is 9.98. The van der Waals surface area contributed by atoms with E-state index in [4.69, 9.17) is 0 Å². The second-order valence-electron chi connectivity index (χ2n) is 13.4. The van der Waals surface area contributed by atoms with Crippen LogP contribution in [0.1, 0.15) is 151 Å². The summed E-state index contributed by atoms with van der Waals surface area (Å²) in [7, 11) is 0. The highest BCUT2D eigenvalue weighted by atomic mass is 15.3. The molecule has 2 aromatic carbocycles. The number of pyridine rings is 1. The molecule has 56 heavy (non-hydrogen) atoms. The number of benzene rings is 2. The summed E-state index contributed by atoms with van der Waals surface area (Å²) in [6, 6.07) is 16.7. The molecular formula is C51H95N5. The van der Waals surface area contributed by atoms with Crippen molar-refractivity contribution in [2.24, 2.45) is 0 Å². The van der Waals surface area contributed by atoms with Crippen LogP contribution in [-0.4, -0.2) is 90.7 Å². The van der Waals surface area contributed by atoms with E-state index in [-0.39, 0.29) is 0 Å². The highest BCUT2D eigenvalue weighted by Gasteiger charge is 2.31. The normalized spacial score (nSPS) is 15.8. The fourth-order valence-electron chi connectivity index (χ4n) is 6.97. The molecule has 0 radical (unpaired) electrons. The van der Waals surface area contributed by atoms with Gasteiger partial charge in [0.1, 0.15) is 0 Å². The highest BCUT2D eigenvalue weighted by Crippen LogP contribution is 2.33. The highest BCUT2D eigenvalue weighted by molar-refractivity contribution is 5.93. The number of piperidine rings is 2. The van der Waals surface area contributed by atoms with Gasteiger partial charge in [0.15, 0.2) is 0 Å². The first-order valence-electron chi connectivity index (χ1n) is 23.2. The minimum atomic E-state index is 0.755. The van der Waals surface area contributed by atoms with Gasteiger partial charge in [-0.3, -0.25) is 14.8 Å². The summed E-state index contributed by atoms with van der Waals surface area (Å²) < 4.78 is 0. The Labute approximate surface area is 351 Å². The maximum atomic E-state index is 4.68. The zero-order valence-electron chi connectivity index (χ0n) is 40.5. The van der Waals surface area contributed by atoms with Crippen molar-refractivity contribution >= 4 is 16.6 Å². The molecule has 1 aromatic heterocycles. The minimum absolute atomic E-state index is 0.755. The van der Waals surface area contributed by atoms with E-state index in [1.165, 1.54) is 118 Å². The largest absolute Gasteiger partial charge is 0.371 e. The van der Waals surface area contributed by atoms with Gasteiger partial charge >= 0.3 is 0 Å². The molecule has 0 saturated carbocycles. The third kappa shape index (κ3) is 21.1. The quantitative estimate of drug-likeness (QED) is 0.240. The molecule has 3 fully saturated rings. The van der Waals surface area contributed by atoms with Crippen molar-refractivity contribution in [3.63, 3.8) is 0 Å². The van der Waals surface area contributed by atoms with Crippen LogP contribution in [0.5, 0.6) is 0 Å². The summed E-state index contributed by atoms with van der Waals surface area (Å²) in [4.78, 5) is 15.5. The molecule has 0 atom stereocenters. The Morgan fingerprint density at radius 2 is 0.911 bits per heavy atom. The Hall–Kier alpha value is -2.73. The van der Waals surface area contributed by atoms with Crippen LogP contribution >= 0.6 is 0 Å². The predicted molar refractivity (Wildman–Crippen MR) is 259 cm³/mol. The number of hydrogen-bond acceptors (Lipinski definition) is 5. The van der Waals surface area contributed by atoms with Crippen molar-refractivity contribution in [3.8, 4) is 0 Å². The molecule has 0 spiro atoms. The summed E-state index contributed by atoms with van der Waals surface area (Å²) in [5.41, 5.74) is 7.83. The van der Waals surface area contributed by atoms with Crippen molar-refractivity contribution < 1.29 is 0 Å². The zero-order chi connectivity index (χ0) is 43.5.